The Bertz CT molecular complexity index is 309. The Labute approximate surface area is 98.1 Å². The van der Waals surface area contributed by atoms with Crippen molar-refractivity contribution < 1.29 is 29.0 Å². The quantitative estimate of drug-likeness (QED) is 0.645. The fourth-order valence-corrected chi connectivity index (χ4v) is 0.790. The molecule has 0 aliphatic heterocycles. The highest BCUT2D eigenvalue weighted by molar-refractivity contribution is 5.80. The molecule has 8 nitrogen and oxygen atoms in total. The second-order valence-electron chi connectivity index (χ2n) is 4.17. The van der Waals surface area contributed by atoms with Crippen molar-refractivity contribution in [2.75, 3.05) is 6.61 Å². The third kappa shape index (κ3) is 7.88. The number of nitrogens with two attached hydrogens (primary N) is 1. The molecule has 0 aromatic rings. The maximum Gasteiger partial charge on any atom is 0.408 e. The zero-order valence-electron chi connectivity index (χ0n) is 9.85. The SMILES string of the molecule is CC(C)(C)OC(=O)N[C@@H](COC(N)=O)C(=O)O. The molecule has 0 heterocycles. The molecule has 0 aromatic carbocycles. The molecule has 0 unspecified atom stereocenters. The summed E-state index contributed by atoms with van der Waals surface area (Å²) in [6.07, 6.45) is -2.04. The Morgan fingerprint density at radius 2 is 1.88 bits per heavy atom. The van der Waals surface area contributed by atoms with Gasteiger partial charge in [0.1, 0.15) is 12.2 Å². The Hall–Kier alpha value is -1.99. The number of alkyl carbamates (subject to hydrolysis) is 1. The lowest BCUT2D eigenvalue weighted by atomic mass is 10.2. The number of hydrogen-bond donors (Lipinski definition) is 3. The van der Waals surface area contributed by atoms with Crippen LogP contribution in [-0.4, -0.2) is 41.5 Å². The Morgan fingerprint density at radius 3 is 2.24 bits per heavy atom. The highest BCUT2D eigenvalue weighted by atomic mass is 16.6. The second kappa shape index (κ2) is 5.92. The summed E-state index contributed by atoms with van der Waals surface area (Å²) >= 11 is 0. The van der Waals surface area contributed by atoms with Gasteiger partial charge in [0, 0.05) is 0 Å². The average molecular weight is 248 g/mol. The Balaban J connectivity index is 4.30. The number of rotatable bonds is 4. The summed E-state index contributed by atoms with van der Waals surface area (Å²) in [5.41, 5.74) is 3.92. The Morgan fingerprint density at radius 1 is 1.35 bits per heavy atom. The number of carbonyl (C=O) groups excluding carboxylic acids is 2. The van der Waals surface area contributed by atoms with Gasteiger partial charge in [-0.25, -0.2) is 14.4 Å². The lowest BCUT2D eigenvalue weighted by molar-refractivity contribution is -0.140. The zero-order valence-corrected chi connectivity index (χ0v) is 9.85. The van der Waals surface area contributed by atoms with Crippen LogP contribution in [0.2, 0.25) is 0 Å². The third-order valence-corrected chi connectivity index (χ3v) is 1.38. The lowest BCUT2D eigenvalue weighted by Gasteiger charge is -2.21. The molecular formula is C9H16N2O6. The molecule has 8 heteroatoms. The van der Waals surface area contributed by atoms with Crippen LogP contribution in [0.5, 0.6) is 0 Å². The van der Waals surface area contributed by atoms with Crippen molar-refractivity contribution in [3.63, 3.8) is 0 Å². The normalized spacial score (nSPS) is 12.4. The van der Waals surface area contributed by atoms with Crippen LogP contribution in [0, 0.1) is 0 Å². The predicted molar refractivity (Wildman–Crippen MR) is 56.3 cm³/mol. The van der Waals surface area contributed by atoms with Crippen LogP contribution in [0.1, 0.15) is 20.8 Å². The molecule has 2 amide bonds. The maximum absolute atomic E-state index is 11.2. The van der Waals surface area contributed by atoms with Crippen molar-refractivity contribution in [3.05, 3.63) is 0 Å². The molecule has 1 atom stereocenters. The van der Waals surface area contributed by atoms with Crippen molar-refractivity contribution >= 4 is 18.2 Å². The van der Waals surface area contributed by atoms with Crippen molar-refractivity contribution in [2.45, 2.75) is 32.4 Å². The molecule has 0 aliphatic carbocycles. The van der Waals surface area contributed by atoms with Gasteiger partial charge in [-0.3, -0.25) is 0 Å². The molecule has 0 saturated carbocycles. The van der Waals surface area contributed by atoms with E-state index >= 15 is 0 Å². The fourth-order valence-electron chi connectivity index (χ4n) is 0.790. The summed E-state index contributed by atoms with van der Waals surface area (Å²) in [5.74, 6) is -1.36. The van der Waals surface area contributed by atoms with Gasteiger partial charge < -0.3 is 25.6 Å². The van der Waals surface area contributed by atoms with Crippen molar-refractivity contribution in [3.8, 4) is 0 Å². The van der Waals surface area contributed by atoms with E-state index in [1.807, 2.05) is 5.32 Å². The van der Waals surface area contributed by atoms with Gasteiger partial charge in [-0.2, -0.15) is 0 Å². The van der Waals surface area contributed by atoms with E-state index in [-0.39, 0.29) is 0 Å². The smallest absolute Gasteiger partial charge is 0.408 e. The lowest BCUT2D eigenvalue weighted by Crippen LogP contribution is -2.46. The largest absolute Gasteiger partial charge is 0.480 e. The van der Waals surface area contributed by atoms with Gasteiger partial charge >= 0.3 is 18.2 Å². The Kier molecular flexibility index (Phi) is 5.23. The monoisotopic (exact) mass is 248 g/mol. The molecule has 17 heavy (non-hydrogen) atoms. The third-order valence-electron chi connectivity index (χ3n) is 1.38. The number of primary amides is 1. The number of aliphatic carboxylic acids is 1. The van der Waals surface area contributed by atoms with Crippen LogP contribution in [0.3, 0.4) is 0 Å². The standard InChI is InChI=1S/C9H16N2O6/c1-9(2,3)17-8(15)11-5(6(12)13)4-16-7(10)14/h5H,4H2,1-3H3,(H2,10,14)(H,11,15)(H,12,13)/t5-/m0/s1. The fraction of sp³-hybridized carbons (Fsp3) is 0.667. The zero-order chi connectivity index (χ0) is 13.6. The molecule has 0 fully saturated rings. The first-order valence-corrected chi connectivity index (χ1v) is 4.76. The van der Waals surface area contributed by atoms with Crippen LogP contribution in [0.4, 0.5) is 9.59 Å². The van der Waals surface area contributed by atoms with Crippen LogP contribution in [-0.2, 0) is 14.3 Å². The molecule has 4 N–H and O–H groups in total. The molecule has 0 rings (SSSR count). The van der Waals surface area contributed by atoms with E-state index in [2.05, 4.69) is 10.5 Å². The van der Waals surface area contributed by atoms with Gasteiger partial charge in [0.25, 0.3) is 0 Å². The number of carboxylic acids is 1. The molecule has 0 bridgehead atoms. The topological polar surface area (TPSA) is 128 Å². The van der Waals surface area contributed by atoms with Crippen LogP contribution >= 0.6 is 0 Å². The van der Waals surface area contributed by atoms with Gasteiger partial charge in [-0.15, -0.1) is 0 Å². The minimum absolute atomic E-state index is 0.566. The van der Waals surface area contributed by atoms with Gasteiger partial charge in [0.05, 0.1) is 0 Å². The second-order valence-corrected chi connectivity index (χ2v) is 4.17. The van der Waals surface area contributed by atoms with E-state index in [0.717, 1.165) is 0 Å². The van der Waals surface area contributed by atoms with Crippen molar-refractivity contribution in [2.24, 2.45) is 5.73 Å². The van der Waals surface area contributed by atoms with E-state index in [9.17, 15) is 14.4 Å². The van der Waals surface area contributed by atoms with Crippen molar-refractivity contribution in [1.82, 2.24) is 5.32 Å². The van der Waals surface area contributed by atoms with E-state index in [4.69, 9.17) is 9.84 Å². The molecule has 0 saturated heterocycles. The first kappa shape index (κ1) is 15.0. The summed E-state index contributed by atoms with van der Waals surface area (Å²) in [5, 5.41) is 10.8. The minimum Gasteiger partial charge on any atom is -0.480 e. The molecule has 0 aromatic heterocycles. The number of carboxylic acid groups (broad SMARTS) is 1. The predicted octanol–water partition coefficient (Wildman–Crippen LogP) is 0.0596. The molecule has 0 spiro atoms. The van der Waals surface area contributed by atoms with Gasteiger partial charge in [0.15, 0.2) is 6.04 Å². The highest BCUT2D eigenvalue weighted by Gasteiger charge is 2.24. The number of carbonyl (C=O) groups is 3. The summed E-state index contributed by atoms with van der Waals surface area (Å²) < 4.78 is 9.12. The molecule has 0 radical (unpaired) electrons. The molecular weight excluding hydrogens is 232 g/mol. The highest BCUT2D eigenvalue weighted by Crippen LogP contribution is 2.06. The summed E-state index contributed by atoms with van der Waals surface area (Å²) in [4.78, 5) is 32.3. The summed E-state index contributed by atoms with van der Waals surface area (Å²) in [7, 11) is 0. The average Bonchev–Trinajstić information content (AvgIpc) is 2.08. The van der Waals surface area contributed by atoms with Gasteiger partial charge in [-0.05, 0) is 20.8 Å². The number of amides is 2. The van der Waals surface area contributed by atoms with E-state index in [1.165, 1.54) is 0 Å². The maximum atomic E-state index is 11.2. The van der Waals surface area contributed by atoms with Crippen LogP contribution in [0.25, 0.3) is 0 Å². The van der Waals surface area contributed by atoms with Gasteiger partial charge in [-0.1, -0.05) is 0 Å². The summed E-state index contributed by atoms with van der Waals surface area (Å²) in [6, 6.07) is -1.41. The number of hydrogen-bond acceptors (Lipinski definition) is 5. The van der Waals surface area contributed by atoms with Crippen LogP contribution in [0.15, 0.2) is 0 Å². The minimum atomic E-state index is -1.41. The van der Waals surface area contributed by atoms with E-state index < -0.39 is 36.4 Å². The first-order valence-electron chi connectivity index (χ1n) is 4.76. The molecule has 98 valence electrons. The van der Waals surface area contributed by atoms with Gasteiger partial charge in [0.2, 0.25) is 0 Å². The van der Waals surface area contributed by atoms with E-state index in [1.54, 1.807) is 20.8 Å². The first-order chi connectivity index (χ1) is 7.61. The summed E-state index contributed by atoms with van der Waals surface area (Å²) in [6.45, 7) is 4.32. The molecule has 0 aliphatic rings. The van der Waals surface area contributed by atoms with Crippen molar-refractivity contribution in [1.29, 1.82) is 0 Å². The van der Waals surface area contributed by atoms with Crippen LogP contribution < -0.4 is 11.1 Å². The number of ether oxygens (including phenoxy) is 2. The van der Waals surface area contributed by atoms with E-state index in [0.29, 0.717) is 0 Å². The number of nitrogens with one attached hydrogen (secondary N) is 1.